The molecule has 0 N–H and O–H groups in total. The summed E-state index contributed by atoms with van der Waals surface area (Å²) in [6, 6.07) is 11.9. The topological polar surface area (TPSA) is 58.8 Å². The third kappa shape index (κ3) is 3.37. The molecule has 1 heterocycles. The number of ether oxygens (including phenoxy) is 1. The predicted molar refractivity (Wildman–Crippen MR) is 61.7 cm³/mol. The van der Waals surface area contributed by atoms with Gasteiger partial charge in [-0.2, -0.15) is 5.26 Å². The van der Waals surface area contributed by atoms with E-state index in [2.05, 4.69) is 9.97 Å². The van der Waals surface area contributed by atoms with Crippen molar-refractivity contribution in [3.63, 3.8) is 0 Å². The summed E-state index contributed by atoms with van der Waals surface area (Å²) in [6.45, 7) is 0.880. The average molecular weight is 225 g/mol. The smallest absolute Gasteiger partial charge is 0.153 e. The third-order valence-electron chi connectivity index (χ3n) is 2.18. The number of nitriles is 1. The molecule has 0 amide bonds. The average Bonchev–Trinajstić information content (AvgIpc) is 2.41. The van der Waals surface area contributed by atoms with E-state index in [-0.39, 0.29) is 0 Å². The summed E-state index contributed by atoms with van der Waals surface area (Å²) in [5.74, 6) is 0.583. The number of nitrogens with zero attached hydrogens (tertiary/aromatic N) is 3. The van der Waals surface area contributed by atoms with Crippen molar-refractivity contribution in [3.05, 3.63) is 59.7 Å². The highest BCUT2D eigenvalue weighted by Crippen LogP contribution is 2.03. The van der Waals surface area contributed by atoms with Gasteiger partial charge < -0.3 is 4.74 Å². The summed E-state index contributed by atoms with van der Waals surface area (Å²) >= 11 is 0. The monoisotopic (exact) mass is 225 g/mol. The van der Waals surface area contributed by atoms with Crippen LogP contribution in [0.2, 0.25) is 0 Å². The van der Waals surface area contributed by atoms with Gasteiger partial charge in [-0.15, -0.1) is 0 Å². The normalized spacial score (nSPS) is 9.82. The SMILES string of the molecule is N#Cc1cnc(COCc2ccccc2)nc1. The van der Waals surface area contributed by atoms with E-state index in [1.165, 1.54) is 12.4 Å². The van der Waals surface area contributed by atoms with E-state index in [1.54, 1.807) is 0 Å². The van der Waals surface area contributed by atoms with E-state index in [9.17, 15) is 0 Å². The number of aromatic nitrogens is 2. The summed E-state index contributed by atoms with van der Waals surface area (Å²) < 4.78 is 5.47. The lowest BCUT2D eigenvalue weighted by Crippen LogP contribution is -1.99. The van der Waals surface area contributed by atoms with Crippen LogP contribution in [0.25, 0.3) is 0 Å². The molecule has 0 saturated heterocycles. The first kappa shape index (κ1) is 11.2. The quantitative estimate of drug-likeness (QED) is 0.799. The van der Waals surface area contributed by atoms with Crippen molar-refractivity contribution in [2.45, 2.75) is 13.2 Å². The Labute approximate surface area is 99.5 Å². The summed E-state index contributed by atoms with van der Waals surface area (Å²) in [4.78, 5) is 8.04. The molecule has 0 aliphatic heterocycles. The van der Waals surface area contributed by atoms with Crippen LogP contribution in [0.3, 0.4) is 0 Å². The Bertz CT molecular complexity index is 502. The predicted octanol–water partition coefficient (Wildman–Crippen LogP) is 2.07. The van der Waals surface area contributed by atoms with Gasteiger partial charge >= 0.3 is 0 Å². The van der Waals surface area contributed by atoms with Crippen LogP contribution in [0.4, 0.5) is 0 Å². The molecule has 0 spiro atoms. The van der Waals surface area contributed by atoms with Crippen LogP contribution in [-0.2, 0) is 18.0 Å². The maximum absolute atomic E-state index is 8.59. The summed E-state index contributed by atoms with van der Waals surface area (Å²) in [5.41, 5.74) is 1.57. The molecule has 0 fully saturated rings. The minimum atomic E-state index is 0.348. The number of hydrogen-bond acceptors (Lipinski definition) is 4. The Morgan fingerprint density at radius 2 is 1.76 bits per heavy atom. The second-order valence-electron chi connectivity index (χ2n) is 3.48. The maximum Gasteiger partial charge on any atom is 0.153 e. The molecule has 84 valence electrons. The van der Waals surface area contributed by atoms with Crippen molar-refractivity contribution in [2.24, 2.45) is 0 Å². The zero-order chi connectivity index (χ0) is 11.9. The molecule has 0 bridgehead atoms. The van der Waals surface area contributed by atoms with E-state index in [0.29, 0.717) is 24.6 Å². The number of benzene rings is 1. The van der Waals surface area contributed by atoms with Crippen LogP contribution in [0.1, 0.15) is 17.0 Å². The van der Waals surface area contributed by atoms with Crippen LogP contribution in [-0.4, -0.2) is 9.97 Å². The van der Waals surface area contributed by atoms with Gasteiger partial charge in [0, 0.05) is 12.4 Å². The van der Waals surface area contributed by atoms with Gasteiger partial charge in [0.1, 0.15) is 12.7 Å². The van der Waals surface area contributed by atoms with Crippen LogP contribution in [0.15, 0.2) is 42.7 Å². The molecule has 17 heavy (non-hydrogen) atoms. The lowest BCUT2D eigenvalue weighted by Gasteiger charge is -2.03. The molecule has 0 aliphatic rings. The summed E-state index contributed by atoms with van der Waals surface area (Å²) in [7, 11) is 0. The van der Waals surface area contributed by atoms with Gasteiger partial charge in [0.05, 0.1) is 12.2 Å². The highest BCUT2D eigenvalue weighted by molar-refractivity contribution is 5.21. The van der Waals surface area contributed by atoms with E-state index >= 15 is 0 Å². The number of rotatable bonds is 4. The van der Waals surface area contributed by atoms with Crippen molar-refractivity contribution < 1.29 is 4.74 Å². The second-order valence-corrected chi connectivity index (χ2v) is 3.48. The molecule has 0 aliphatic carbocycles. The fourth-order valence-electron chi connectivity index (χ4n) is 1.32. The highest BCUT2D eigenvalue weighted by atomic mass is 16.5. The largest absolute Gasteiger partial charge is 0.369 e. The zero-order valence-corrected chi connectivity index (χ0v) is 9.21. The molecule has 1 aromatic carbocycles. The molecule has 2 rings (SSSR count). The Morgan fingerprint density at radius 3 is 2.41 bits per heavy atom. The first-order chi connectivity index (χ1) is 8.38. The van der Waals surface area contributed by atoms with Gasteiger partial charge in [0.25, 0.3) is 0 Å². The zero-order valence-electron chi connectivity index (χ0n) is 9.21. The van der Waals surface area contributed by atoms with E-state index in [0.717, 1.165) is 5.56 Å². The van der Waals surface area contributed by atoms with Crippen LogP contribution < -0.4 is 0 Å². The molecule has 4 nitrogen and oxygen atoms in total. The van der Waals surface area contributed by atoms with Crippen molar-refractivity contribution in [2.75, 3.05) is 0 Å². The highest BCUT2D eigenvalue weighted by Gasteiger charge is 1.98. The Kier molecular flexibility index (Phi) is 3.79. The molecule has 0 radical (unpaired) electrons. The molecule has 4 heteroatoms. The fraction of sp³-hybridized carbons (Fsp3) is 0.154. The van der Waals surface area contributed by atoms with Gasteiger partial charge in [-0.05, 0) is 5.56 Å². The minimum Gasteiger partial charge on any atom is -0.369 e. The van der Waals surface area contributed by atoms with Crippen molar-refractivity contribution in [1.29, 1.82) is 5.26 Å². The van der Waals surface area contributed by atoms with Crippen molar-refractivity contribution in [1.82, 2.24) is 9.97 Å². The van der Waals surface area contributed by atoms with Crippen molar-refractivity contribution >= 4 is 0 Å². The first-order valence-corrected chi connectivity index (χ1v) is 5.21. The lowest BCUT2D eigenvalue weighted by atomic mass is 10.2. The second kappa shape index (κ2) is 5.73. The maximum atomic E-state index is 8.59. The molecule has 0 saturated carbocycles. The van der Waals surface area contributed by atoms with Crippen LogP contribution in [0, 0.1) is 11.3 Å². The Hall–Kier alpha value is -2.25. The van der Waals surface area contributed by atoms with Gasteiger partial charge in [-0.3, -0.25) is 0 Å². The summed E-state index contributed by atoms with van der Waals surface area (Å²) in [6.07, 6.45) is 2.99. The molecular formula is C13H11N3O. The van der Waals surface area contributed by atoms with Gasteiger partial charge in [0.2, 0.25) is 0 Å². The first-order valence-electron chi connectivity index (χ1n) is 5.21. The minimum absolute atomic E-state index is 0.348. The Morgan fingerprint density at radius 1 is 1.06 bits per heavy atom. The molecule has 2 aromatic rings. The van der Waals surface area contributed by atoms with Gasteiger partial charge in [-0.25, -0.2) is 9.97 Å². The van der Waals surface area contributed by atoms with Crippen LogP contribution >= 0.6 is 0 Å². The van der Waals surface area contributed by atoms with Crippen LogP contribution in [0.5, 0.6) is 0 Å². The Balaban J connectivity index is 1.84. The third-order valence-corrected chi connectivity index (χ3v) is 2.18. The summed E-state index contributed by atoms with van der Waals surface area (Å²) in [5, 5.41) is 8.59. The fourth-order valence-corrected chi connectivity index (χ4v) is 1.32. The van der Waals surface area contributed by atoms with E-state index < -0.39 is 0 Å². The van der Waals surface area contributed by atoms with Gasteiger partial charge in [0.15, 0.2) is 5.82 Å². The number of hydrogen-bond donors (Lipinski definition) is 0. The molecular weight excluding hydrogens is 214 g/mol. The lowest BCUT2D eigenvalue weighted by molar-refractivity contribution is 0.102. The van der Waals surface area contributed by atoms with E-state index in [4.69, 9.17) is 10.00 Å². The van der Waals surface area contributed by atoms with Crippen molar-refractivity contribution in [3.8, 4) is 6.07 Å². The van der Waals surface area contributed by atoms with E-state index in [1.807, 2.05) is 36.4 Å². The molecule has 0 atom stereocenters. The standard InChI is InChI=1S/C13H11N3O/c14-6-12-7-15-13(16-8-12)10-17-9-11-4-2-1-3-5-11/h1-5,7-8H,9-10H2. The molecule has 1 aromatic heterocycles. The molecule has 0 unspecified atom stereocenters. The van der Waals surface area contributed by atoms with Gasteiger partial charge in [-0.1, -0.05) is 30.3 Å².